The van der Waals surface area contributed by atoms with E-state index in [0.717, 1.165) is 80.7 Å². The summed E-state index contributed by atoms with van der Waals surface area (Å²) in [5, 5.41) is 4.66. The van der Waals surface area contributed by atoms with Crippen LogP contribution >= 0.6 is 11.5 Å². The van der Waals surface area contributed by atoms with Gasteiger partial charge in [-0.1, -0.05) is 6.92 Å². The lowest BCUT2D eigenvalue weighted by Crippen LogP contribution is -2.53. The van der Waals surface area contributed by atoms with Crippen LogP contribution in [0.25, 0.3) is 0 Å². The van der Waals surface area contributed by atoms with Gasteiger partial charge in [-0.2, -0.15) is 4.37 Å². The number of aryl methyl sites for hydroxylation is 2. The number of rotatable bonds is 6. The Hall–Kier alpha value is -2.13. The highest BCUT2D eigenvalue weighted by molar-refractivity contribution is 7.09. The van der Waals surface area contributed by atoms with Crippen LogP contribution in [0.3, 0.4) is 0 Å². The molecular formula is C21H33N7OS. The van der Waals surface area contributed by atoms with Gasteiger partial charge in [0.2, 0.25) is 5.13 Å². The third-order valence-corrected chi connectivity index (χ3v) is 6.77. The second kappa shape index (κ2) is 9.78. The molecule has 4 rings (SSSR count). The molecule has 0 aromatic carbocycles. The summed E-state index contributed by atoms with van der Waals surface area (Å²) in [6.45, 7) is 10.9. The zero-order valence-corrected chi connectivity index (χ0v) is 19.1. The molecule has 30 heavy (non-hydrogen) atoms. The summed E-state index contributed by atoms with van der Waals surface area (Å²) in [7, 11) is 1.87. The maximum Gasteiger partial charge on any atom is 0.205 e. The second-order valence-corrected chi connectivity index (χ2v) is 8.69. The normalized spacial score (nSPS) is 19.5. The molecule has 2 aromatic rings. The fourth-order valence-corrected chi connectivity index (χ4v) is 5.04. The minimum absolute atomic E-state index is 0.244. The van der Waals surface area contributed by atoms with Crippen LogP contribution in [0.2, 0.25) is 0 Å². The van der Waals surface area contributed by atoms with Crippen LogP contribution in [0, 0.1) is 6.92 Å². The molecule has 0 amide bonds. The van der Waals surface area contributed by atoms with Gasteiger partial charge in [-0.05, 0) is 45.0 Å². The number of nitrogens with one attached hydrogen (secondary N) is 1. The van der Waals surface area contributed by atoms with Crippen molar-refractivity contribution in [2.45, 2.75) is 39.2 Å². The van der Waals surface area contributed by atoms with E-state index in [9.17, 15) is 0 Å². The van der Waals surface area contributed by atoms with Crippen LogP contribution in [0.1, 0.15) is 43.2 Å². The largest absolute Gasteiger partial charge is 0.465 e. The van der Waals surface area contributed by atoms with E-state index in [1.54, 1.807) is 0 Å². The summed E-state index contributed by atoms with van der Waals surface area (Å²) in [4.78, 5) is 16.4. The first-order valence-corrected chi connectivity index (χ1v) is 11.8. The van der Waals surface area contributed by atoms with Crippen LogP contribution in [0.5, 0.6) is 0 Å². The standard InChI is InChI=1S/C21H33N7OS/c1-4-19-24-21(30-25-19)28-13-11-27(12-14-28)20(22-3)23-15-17(26-9-5-6-10-26)18-8-7-16(2)29-18/h7-8,17H,4-6,9-15H2,1-3H3,(H,22,23). The molecule has 4 heterocycles. The number of piperazine rings is 1. The van der Waals surface area contributed by atoms with E-state index in [1.807, 2.05) is 14.0 Å². The molecule has 2 aromatic heterocycles. The first kappa shape index (κ1) is 21.1. The van der Waals surface area contributed by atoms with E-state index in [1.165, 1.54) is 24.4 Å². The summed E-state index contributed by atoms with van der Waals surface area (Å²) >= 11 is 1.51. The third kappa shape index (κ3) is 4.78. The zero-order chi connectivity index (χ0) is 20.9. The van der Waals surface area contributed by atoms with Gasteiger partial charge in [0.1, 0.15) is 17.3 Å². The van der Waals surface area contributed by atoms with Crippen molar-refractivity contribution < 1.29 is 4.42 Å². The SMILES string of the molecule is CCc1nsc(N2CCN(C(=NC)NCC(c3ccc(C)o3)N3CCCC3)CC2)n1. The van der Waals surface area contributed by atoms with Gasteiger partial charge < -0.3 is 19.5 Å². The Balaban J connectivity index is 1.34. The van der Waals surface area contributed by atoms with E-state index in [-0.39, 0.29) is 6.04 Å². The van der Waals surface area contributed by atoms with Gasteiger partial charge in [0, 0.05) is 57.7 Å². The minimum atomic E-state index is 0.244. The molecule has 8 nitrogen and oxygen atoms in total. The van der Waals surface area contributed by atoms with Gasteiger partial charge in [-0.15, -0.1) is 0 Å². The van der Waals surface area contributed by atoms with Crippen LogP contribution in [0.4, 0.5) is 5.13 Å². The predicted octanol–water partition coefficient (Wildman–Crippen LogP) is 2.54. The summed E-state index contributed by atoms with van der Waals surface area (Å²) in [5.74, 6) is 3.92. The highest BCUT2D eigenvalue weighted by atomic mass is 32.1. The van der Waals surface area contributed by atoms with Gasteiger partial charge in [0.05, 0.1) is 6.04 Å². The van der Waals surface area contributed by atoms with E-state index in [2.05, 4.69) is 53.4 Å². The highest BCUT2D eigenvalue weighted by Crippen LogP contribution is 2.26. The van der Waals surface area contributed by atoms with Crippen LogP contribution < -0.4 is 10.2 Å². The van der Waals surface area contributed by atoms with Crippen molar-refractivity contribution in [3.63, 3.8) is 0 Å². The molecule has 0 bridgehead atoms. The Morgan fingerprint density at radius 2 is 1.97 bits per heavy atom. The average Bonchev–Trinajstić information content (AvgIpc) is 3.53. The van der Waals surface area contributed by atoms with Crippen molar-refractivity contribution in [1.82, 2.24) is 24.5 Å². The van der Waals surface area contributed by atoms with E-state index >= 15 is 0 Å². The average molecular weight is 432 g/mol. The lowest BCUT2D eigenvalue weighted by Gasteiger charge is -2.37. The first-order valence-electron chi connectivity index (χ1n) is 11.0. The van der Waals surface area contributed by atoms with Crippen LogP contribution in [0.15, 0.2) is 21.5 Å². The molecule has 1 unspecified atom stereocenters. The molecule has 0 saturated carbocycles. The fraction of sp³-hybridized carbons (Fsp3) is 0.667. The number of hydrogen-bond donors (Lipinski definition) is 1. The predicted molar refractivity (Wildman–Crippen MR) is 121 cm³/mol. The lowest BCUT2D eigenvalue weighted by molar-refractivity contribution is 0.212. The summed E-state index contributed by atoms with van der Waals surface area (Å²) in [6.07, 6.45) is 3.41. The molecule has 2 fully saturated rings. The maximum absolute atomic E-state index is 5.99. The number of aliphatic imine (C=N–C) groups is 1. The Bertz CT molecular complexity index is 834. The summed E-state index contributed by atoms with van der Waals surface area (Å²) < 4.78 is 10.4. The molecule has 2 aliphatic heterocycles. The maximum atomic E-state index is 5.99. The molecule has 9 heteroatoms. The van der Waals surface area contributed by atoms with Crippen LogP contribution in [-0.4, -0.2) is 78.0 Å². The van der Waals surface area contributed by atoms with Gasteiger partial charge in [-0.25, -0.2) is 4.98 Å². The highest BCUT2D eigenvalue weighted by Gasteiger charge is 2.27. The Kier molecular flexibility index (Phi) is 6.89. The van der Waals surface area contributed by atoms with Crippen molar-refractivity contribution in [2.75, 3.05) is 57.8 Å². The van der Waals surface area contributed by atoms with E-state index < -0.39 is 0 Å². The van der Waals surface area contributed by atoms with Gasteiger partial charge in [0.25, 0.3) is 0 Å². The molecule has 2 aliphatic rings. The quantitative estimate of drug-likeness (QED) is 0.557. The van der Waals surface area contributed by atoms with Crippen molar-refractivity contribution in [1.29, 1.82) is 0 Å². The van der Waals surface area contributed by atoms with Crippen LogP contribution in [-0.2, 0) is 6.42 Å². The zero-order valence-electron chi connectivity index (χ0n) is 18.3. The Labute approximate surface area is 183 Å². The molecule has 0 aliphatic carbocycles. The Morgan fingerprint density at radius 1 is 1.20 bits per heavy atom. The lowest BCUT2D eigenvalue weighted by atomic mass is 10.2. The second-order valence-electron chi connectivity index (χ2n) is 7.96. The van der Waals surface area contributed by atoms with Crippen molar-refractivity contribution in [3.8, 4) is 0 Å². The molecule has 0 radical (unpaired) electrons. The summed E-state index contributed by atoms with van der Waals surface area (Å²) in [6, 6.07) is 4.42. The monoisotopic (exact) mass is 431 g/mol. The molecule has 1 atom stereocenters. The summed E-state index contributed by atoms with van der Waals surface area (Å²) in [5.41, 5.74) is 0. The smallest absolute Gasteiger partial charge is 0.205 e. The Morgan fingerprint density at radius 3 is 2.57 bits per heavy atom. The molecular weight excluding hydrogens is 398 g/mol. The number of hydrogen-bond acceptors (Lipinski definition) is 7. The third-order valence-electron chi connectivity index (χ3n) is 5.96. The number of aromatic nitrogens is 2. The van der Waals surface area contributed by atoms with Crippen molar-refractivity contribution >= 4 is 22.6 Å². The molecule has 164 valence electrons. The van der Waals surface area contributed by atoms with Gasteiger partial charge in [-0.3, -0.25) is 9.89 Å². The number of nitrogens with zero attached hydrogens (tertiary/aromatic N) is 6. The first-order chi connectivity index (χ1) is 14.7. The number of anilines is 1. The van der Waals surface area contributed by atoms with E-state index in [0.29, 0.717) is 0 Å². The van der Waals surface area contributed by atoms with Crippen molar-refractivity contribution in [3.05, 3.63) is 29.5 Å². The van der Waals surface area contributed by atoms with E-state index in [4.69, 9.17) is 4.42 Å². The molecule has 2 saturated heterocycles. The number of furan rings is 1. The molecule has 0 spiro atoms. The van der Waals surface area contributed by atoms with Crippen molar-refractivity contribution in [2.24, 2.45) is 4.99 Å². The minimum Gasteiger partial charge on any atom is -0.465 e. The number of likely N-dealkylation sites (tertiary alicyclic amines) is 1. The topological polar surface area (TPSA) is 73.0 Å². The fourth-order valence-electron chi connectivity index (χ4n) is 4.24. The molecule has 1 N–H and O–H groups in total. The van der Waals surface area contributed by atoms with Gasteiger partial charge in [0.15, 0.2) is 5.96 Å². The number of guanidine groups is 1. The van der Waals surface area contributed by atoms with Gasteiger partial charge >= 0.3 is 0 Å².